The predicted molar refractivity (Wildman–Crippen MR) is 93.0 cm³/mol. The van der Waals surface area contributed by atoms with Crippen molar-refractivity contribution in [1.82, 2.24) is 4.57 Å². The van der Waals surface area contributed by atoms with Gasteiger partial charge in [-0.05, 0) is 29.0 Å². The van der Waals surface area contributed by atoms with E-state index in [-0.39, 0.29) is 12.1 Å². The second-order valence-electron chi connectivity index (χ2n) is 6.53. The first-order valence-electron chi connectivity index (χ1n) is 7.97. The third-order valence-electron chi connectivity index (χ3n) is 3.89. The van der Waals surface area contributed by atoms with Crippen molar-refractivity contribution < 1.29 is 0 Å². The van der Waals surface area contributed by atoms with Gasteiger partial charge < -0.3 is 10.3 Å². The highest BCUT2D eigenvalue weighted by atomic mass is 16.1. The molecule has 0 aliphatic heterocycles. The van der Waals surface area contributed by atoms with Crippen LogP contribution < -0.4 is 11.3 Å². The molecule has 1 heterocycles. The zero-order chi connectivity index (χ0) is 16.3. The summed E-state index contributed by atoms with van der Waals surface area (Å²) >= 11 is 0. The summed E-state index contributed by atoms with van der Waals surface area (Å²) in [7, 11) is 0. The van der Waals surface area contributed by atoms with E-state index in [1.807, 2.05) is 16.7 Å². The highest BCUT2D eigenvalue weighted by Gasteiger charge is 2.11. The fourth-order valence-corrected chi connectivity index (χ4v) is 2.62. The standard InChI is InChI=1S/C19H26N2O/c1-13(2)12-21-18(10-9-17(11-20)19(21)22)16-7-5-15(6-8-16)14(3)4/h5-10,13-14H,11-12,20H2,1-4H3. The van der Waals surface area contributed by atoms with E-state index in [2.05, 4.69) is 52.0 Å². The van der Waals surface area contributed by atoms with Crippen molar-refractivity contribution in [2.75, 3.05) is 0 Å². The van der Waals surface area contributed by atoms with Crippen LogP contribution in [0.1, 0.15) is 44.7 Å². The maximum atomic E-state index is 12.6. The van der Waals surface area contributed by atoms with Crippen LogP contribution >= 0.6 is 0 Å². The number of nitrogens with two attached hydrogens (primary N) is 1. The van der Waals surface area contributed by atoms with E-state index in [0.717, 1.165) is 11.3 Å². The zero-order valence-corrected chi connectivity index (χ0v) is 14.0. The van der Waals surface area contributed by atoms with Crippen molar-refractivity contribution in [3.8, 4) is 11.3 Å². The molecule has 3 heteroatoms. The SMILES string of the molecule is CC(C)Cn1c(-c2ccc(C(C)C)cc2)ccc(CN)c1=O. The highest BCUT2D eigenvalue weighted by molar-refractivity contribution is 5.60. The van der Waals surface area contributed by atoms with Gasteiger partial charge in [0.15, 0.2) is 0 Å². The molecule has 0 amide bonds. The maximum Gasteiger partial charge on any atom is 0.255 e. The Morgan fingerprint density at radius 1 is 1.00 bits per heavy atom. The molecule has 0 atom stereocenters. The molecule has 0 unspecified atom stereocenters. The largest absolute Gasteiger partial charge is 0.326 e. The quantitative estimate of drug-likeness (QED) is 0.913. The molecule has 0 aliphatic carbocycles. The lowest BCUT2D eigenvalue weighted by Crippen LogP contribution is -2.28. The molecule has 0 spiro atoms. The van der Waals surface area contributed by atoms with Crippen LogP contribution in [0.5, 0.6) is 0 Å². The minimum Gasteiger partial charge on any atom is -0.326 e. The molecule has 0 fully saturated rings. The summed E-state index contributed by atoms with van der Waals surface area (Å²) in [6.45, 7) is 9.58. The van der Waals surface area contributed by atoms with Gasteiger partial charge in [-0.25, -0.2) is 0 Å². The van der Waals surface area contributed by atoms with Gasteiger partial charge in [-0.3, -0.25) is 4.79 Å². The van der Waals surface area contributed by atoms with Crippen molar-refractivity contribution in [1.29, 1.82) is 0 Å². The van der Waals surface area contributed by atoms with Crippen molar-refractivity contribution in [3.63, 3.8) is 0 Å². The fourth-order valence-electron chi connectivity index (χ4n) is 2.62. The predicted octanol–water partition coefficient (Wildman–Crippen LogP) is 3.75. The van der Waals surface area contributed by atoms with Gasteiger partial charge in [0.1, 0.15) is 0 Å². The van der Waals surface area contributed by atoms with Crippen LogP contribution in [0.25, 0.3) is 11.3 Å². The maximum absolute atomic E-state index is 12.6. The van der Waals surface area contributed by atoms with Crippen LogP contribution in [-0.2, 0) is 13.1 Å². The Morgan fingerprint density at radius 3 is 2.14 bits per heavy atom. The van der Waals surface area contributed by atoms with E-state index in [9.17, 15) is 4.79 Å². The zero-order valence-electron chi connectivity index (χ0n) is 14.0. The minimum atomic E-state index is 0.0293. The summed E-state index contributed by atoms with van der Waals surface area (Å²) < 4.78 is 1.86. The van der Waals surface area contributed by atoms with E-state index in [1.165, 1.54) is 5.56 Å². The number of hydrogen-bond donors (Lipinski definition) is 1. The van der Waals surface area contributed by atoms with Crippen molar-refractivity contribution >= 4 is 0 Å². The molecule has 0 bridgehead atoms. The molecule has 2 rings (SSSR count). The molecule has 2 aromatic rings. The van der Waals surface area contributed by atoms with Crippen LogP contribution in [0, 0.1) is 5.92 Å². The summed E-state index contributed by atoms with van der Waals surface area (Å²) in [4.78, 5) is 12.6. The van der Waals surface area contributed by atoms with Gasteiger partial charge in [-0.15, -0.1) is 0 Å². The minimum absolute atomic E-state index is 0.0293. The van der Waals surface area contributed by atoms with Crippen LogP contribution in [0.2, 0.25) is 0 Å². The van der Waals surface area contributed by atoms with E-state index in [1.54, 1.807) is 0 Å². The van der Waals surface area contributed by atoms with E-state index >= 15 is 0 Å². The van der Waals surface area contributed by atoms with Gasteiger partial charge in [-0.2, -0.15) is 0 Å². The molecule has 0 saturated carbocycles. The first kappa shape index (κ1) is 16.5. The number of aromatic nitrogens is 1. The fraction of sp³-hybridized carbons (Fsp3) is 0.421. The van der Waals surface area contributed by atoms with Crippen molar-refractivity contribution in [3.05, 3.63) is 57.9 Å². The Kier molecular flexibility index (Phi) is 5.19. The van der Waals surface area contributed by atoms with Gasteiger partial charge in [0.05, 0.1) is 5.69 Å². The first-order chi connectivity index (χ1) is 10.4. The summed E-state index contributed by atoms with van der Waals surface area (Å²) in [6, 6.07) is 12.3. The highest BCUT2D eigenvalue weighted by Crippen LogP contribution is 2.22. The molecule has 1 aromatic heterocycles. The molecule has 0 saturated heterocycles. The van der Waals surface area contributed by atoms with Crippen LogP contribution in [0.4, 0.5) is 0 Å². The molecule has 3 nitrogen and oxygen atoms in total. The molecular weight excluding hydrogens is 272 g/mol. The number of hydrogen-bond acceptors (Lipinski definition) is 2. The summed E-state index contributed by atoms with van der Waals surface area (Å²) in [5.74, 6) is 0.908. The third kappa shape index (κ3) is 3.47. The average molecular weight is 298 g/mol. The molecular formula is C19H26N2O. The molecule has 22 heavy (non-hydrogen) atoms. The molecule has 1 aromatic carbocycles. The van der Waals surface area contributed by atoms with Gasteiger partial charge in [0, 0.05) is 18.7 Å². The second kappa shape index (κ2) is 6.93. The number of nitrogens with zero attached hydrogens (tertiary/aromatic N) is 1. The Balaban J connectivity index is 2.54. The number of pyridine rings is 1. The van der Waals surface area contributed by atoms with Crippen molar-refractivity contribution in [2.45, 2.75) is 46.7 Å². The van der Waals surface area contributed by atoms with Crippen LogP contribution in [0.3, 0.4) is 0 Å². The van der Waals surface area contributed by atoms with Crippen molar-refractivity contribution in [2.24, 2.45) is 11.7 Å². The Labute approximate surface area is 132 Å². The summed E-state index contributed by atoms with van der Waals surface area (Å²) in [6.07, 6.45) is 0. The van der Waals surface area contributed by atoms with Crippen LogP contribution in [0.15, 0.2) is 41.2 Å². The number of benzene rings is 1. The Morgan fingerprint density at radius 2 is 1.64 bits per heavy atom. The van der Waals surface area contributed by atoms with E-state index < -0.39 is 0 Å². The third-order valence-corrected chi connectivity index (χ3v) is 3.89. The Hall–Kier alpha value is -1.87. The van der Waals surface area contributed by atoms with Crippen LogP contribution in [-0.4, -0.2) is 4.57 Å². The summed E-state index contributed by atoms with van der Waals surface area (Å²) in [5, 5.41) is 0. The van der Waals surface area contributed by atoms with E-state index in [4.69, 9.17) is 5.73 Å². The van der Waals surface area contributed by atoms with Gasteiger partial charge in [-0.1, -0.05) is 58.0 Å². The smallest absolute Gasteiger partial charge is 0.255 e. The van der Waals surface area contributed by atoms with Gasteiger partial charge in [0.25, 0.3) is 5.56 Å². The second-order valence-corrected chi connectivity index (χ2v) is 6.53. The normalized spacial score (nSPS) is 11.4. The molecule has 0 radical (unpaired) electrons. The van der Waals surface area contributed by atoms with E-state index in [0.29, 0.717) is 23.9 Å². The lowest BCUT2D eigenvalue weighted by molar-refractivity contribution is 0.512. The van der Waals surface area contributed by atoms with Gasteiger partial charge >= 0.3 is 0 Å². The topological polar surface area (TPSA) is 48.0 Å². The monoisotopic (exact) mass is 298 g/mol. The lowest BCUT2D eigenvalue weighted by atomic mass is 10.00. The average Bonchev–Trinajstić information content (AvgIpc) is 2.49. The lowest BCUT2D eigenvalue weighted by Gasteiger charge is -2.17. The van der Waals surface area contributed by atoms with Gasteiger partial charge in [0.2, 0.25) is 0 Å². The molecule has 118 valence electrons. The molecule has 2 N–H and O–H groups in total. The number of rotatable bonds is 5. The Bertz CT molecular complexity index is 682. The first-order valence-corrected chi connectivity index (χ1v) is 7.97. The molecule has 0 aliphatic rings. The summed E-state index contributed by atoms with van der Waals surface area (Å²) in [5.41, 5.74) is 9.72.